The molecule has 3 N–H and O–H groups in total. The molecule has 2 aromatic carbocycles. The highest BCUT2D eigenvalue weighted by molar-refractivity contribution is 5.96. The van der Waals surface area contributed by atoms with Crippen LogP contribution in [0, 0.1) is 0 Å². The van der Waals surface area contributed by atoms with Crippen LogP contribution >= 0.6 is 0 Å². The lowest BCUT2D eigenvalue weighted by molar-refractivity contribution is -0.153. The molecule has 1 aromatic heterocycles. The Balaban J connectivity index is 1.50. The van der Waals surface area contributed by atoms with Gasteiger partial charge in [0.2, 0.25) is 0 Å². The maximum absolute atomic E-state index is 12.3. The Morgan fingerprint density at radius 2 is 1.70 bits per heavy atom. The summed E-state index contributed by atoms with van der Waals surface area (Å²) >= 11 is 0. The summed E-state index contributed by atoms with van der Waals surface area (Å²) in [5.74, 6) is -0.863. The molecule has 30 heavy (non-hydrogen) atoms. The van der Waals surface area contributed by atoms with E-state index in [-0.39, 0.29) is 17.5 Å². The minimum absolute atomic E-state index is 0.0845. The largest absolute Gasteiger partial charge is 0.453 e. The fourth-order valence-corrected chi connectivity index (χ4v) is 3.08. The normalized spacial score (nSPS) is 12.5. The number of fused-ring (bicyclic) bond motifs is 1. The van der Waals surface area contributed by atoms with Crippen molar-refractivity contribution in [2.24, 2.45) is 0 Å². The van der Waals surface area contributed by atoms with Gasteiger partial charge in [-0.25, -0.2) is 4.79 Å². The smallest absolute Gasteiger partial charge is 0.323 e. The molecule has 0 saturated heterocycles. The van der Waals surface area contributed by atoms with Gasteiger partial charge >= 0.3 is 11.7 Å². The zero-order valence-electron chi connectivity index (χ0n) is 17.7. The van der Waals surface area contributed by atoms with E-state index < -0.39 is 18.0 Å². The second-order valence-corrected chi connectivity index (χ2v) is 8.41. The monoisotopic (exact) mass is 409 g/mol. The molecule has 1 heterocycles. The number of aryl methyl sites for hydroxylation is 1. The summed E-state index contributed by atoms with van der Waals surface area (Å²) in [4.78, 5) is 41.1. The first kappa shape index (κ1) is 21.4. The molecule has 3 aromatic rings. The van der Waals surface area contributed by atoms with E-state index >= 15 is 0 Å². The van der Waals surface area contributed by atoms with E-state index in [0.717, 1.165) is 5.56 Å². The van der Waals surface area contributed by atoms with Gasteiger partial charge in [0.15, 0.2) is 6.10 Å². The predicted octanol–water partition coefficient (Wildman–Crippen LogP) is 3.66. The van der Waals surface area contributed by atoms with Crippen LogP contribution in [0.2, 0.25) is 0 Å². The standard InChI is InChI=1S/C23H27N3O4/c1-14(21(28)24-17-10-11-18-19(13-17)26-22(29)25-18)30-20(27)12-7-15-5-8-16(9-6-15)23(2,3)4/h5-6,8-11,13-14H,7,12H2,1-4H3,(H,24,28)(H2,25,26,29)/t14-/m1/s1. The number of anilines is 1. The van der Waals surface area contributed by atoms with Crippen LogP contribution in [0.3, 0.4) is 0 Å². The molecule has 1 amide bonds. The lowest BCUT2D eigenvalue weighted by Crippen LogP contribution is -2.30. The van der Waals surface area contributed by atoms with Crippen LogP contribution in [0.25, 0.3) is 11.0 Å². The van der Waals surface area contributed by atoms with Crippen molar-refractivity contribution in [3.8, 4) is 0 Å². The molecule has 0 bridgehead atoms. The van der Waals surface area contributed by atoms with Gasteiger partial charge in [-0.05, 0) is 48.1 Å². The fraction of sp³-hybridized carbons (Fsp3) is 0.348. The van der Waals surface area contributed by atoms with E-state index in [2.05, 4.69) is 48.2 Å². The van der Waals surface area contributed by atoms with Crippen LogP contribution in [-0.4, -0.2) is 27.9 Å². The number of amides is 1. The molecule has 3 rings (SSSR count). The van der Waals surface area contributed by atoms with Gasteiger partial charge in [0.25, 0.3) is 5.91 Å². The number of rotatable bonds is 6. The number of nitrogens with one attached hydrogen (secondary N) is 3. The number of aromatic nitrogens is 2. The third-order valence-electron chi connectivity index (χ3n) is 4.90. The van der Waals surface area contributed by atoms with E-state index in [0.29, 0.717) is 23.1 Å². The number of esters is 1. The summed E-state index contributed by atoms with van der Waals surface area (Å²) in [6.07, 6.45) is -0.181. The topological polar surface area (TPSA) is 104 Å². The van der Waals surface area contributed by atoms with E-state index in [1.165, 1.54) is 12.5 Å². The zero-order valence-corrected chi connectivity index (χ0v) is 17.7. The molecule has 0 fully saturated rings. The number of imidazole rings is 1. The zero-order chi connectivity index (χ0) is 21.9. The molecule has 0 saturated carbocycles. The molecule has 0 spiro atoms. The summed E-state index contributed by atoms with van der Waals surface area (Å²) in [6, 6.07) is 13.2. The average Bonchev–Trinajstić information content (AvgIpc) is 3.05. The number of benzene rings is 2. The number of H-pyrrole nitrogens is 2. The quantitative estimate of drug-likeness (QED) is 0.541. The SMILES string of the molecule is C[C@@H](OC(=O)CCc1ccc(C(C)(C)C)cc1)C(=O)Nc1ccc2[nH]c(=O)[nH]c2c1. The number of ether oxygens (including phenoxy) is 1. The van der Waals surface area contributed by atoms with Crippen molar-refractivity contribution < 1.29 is 14.3 Å². The van der Waals surface area contributed by atoms with Gasteiger partial charge in [-0.3, -0.25) is 9.59 Å². The van der Waals surface area contributed by atoms with Crippen molar-refractivity contribution >= 4 is 28.6 Å². The number of hydrogen-bond acceptors (Lipinski definition) is 4. The van der Waals surface area contributed by atoms with Gasteiger partial charge in [0, 0.05) is 12.1 Å². The summed E-state index contributed by atoms with van der Waals surface area (Å²) in [5, 5.41) is 2.69. The Morgan fingerprint density at radius 3 is 2.37 bits per heavy atom. The molecule has 158 valence electrons. The molecule has 7 heteroatoms. The molecule has 0 aliphatic heterocycles. The van der Waals surface area contributed by atoms with Gasteiger partial charge in [-0.1, -0.05) is 45.0 Å². The molecule has 7 nitrogen and oxygen atoms in total. The molecular weight excluding hydrogens is 382 g/mol. The van der Waals surface area contributed by atoms with Crippen molar-refractivity contribution in [2.75, 3.05) is 5.32 Å². The van der Waals surface area contributed by atoms with Gasteiger partial charge in [0.1, 0.15) is 0 Å². The number of carbonyl (C=O) groups excluding carboxylic acids is 2. The highest BCUT2D eigenvalue weighted by atomic mass is 16.5. The maximum Gasteiger partial charge on any atom is 0.323 e. The van der Waals surface area contributed by atoms with Crippen LogP contribution in [0.1, 0.15) is 45.2 Å². The van der Waals surface area contributed by atoms with E-state index in [9.17, 15) is 14.4 Å². The number of carbonyl (C=O) groups is 2. The second kappa shape index (κ2) is 8.57. The van der Waals surface area contributed by atoms with Crippen LogP contribution in [0.5, 0.6) is 0 Å². The third-order valence-corrected chi connectivity index (χ3v) is 4.90. The third kappa shape index (κ3) is 5.37. The minimum atomic E-state index is -0.929. The first-order valence-corrected chi connectivity index (χ1v) is 9.93. The summed E-state index contributed by atoms with van der Waals surface area (Å²) in [6.45, 7) is 7.99. The van der Waals surface area contributed by atoms with Gasteiger partial charge in [-0.15, -0.1) is 0 Å². The number of hydrogen-bond donors (Lipinski definition) is 3. The molecule has 0 unspecified atom stereocenters. The lowest BCUT2D eigenvalue weighted by atomic mass is 9.86. The summed E-state index contributed by atoms with van der Waals surface area (Å²) in [7, 11) is 0. The Hall–Kier alpha value is -3.35. The Labute approximate surface area is 174 Å². The minimum Gasteiger partial charge on any atom is -0.453 e. The summed E-state index contributed by atoms with van der Waals surface area (Å²) < 4.78 is 5.26. The van der Waals surface area contributed by atoms with Crippen molar-refractivity contribution in [3.05, 3.63) is 64.1 Å². The lowest BCUT2D eigenvalue weighted by Gasteiger charge is -2.19. The molecule has 0 aliphatic rings. The van der Waals surface area contributed by atoms with Crippen LogP contribution in [0.4, 0.5) is 5.69 Å². The average molecular weight is 409 g/mol. The highest BCUT2D eigenvalue weighted by Gasteiger charge is 2.18. The van der Waals surface area contributed by atoms with Gasteiger partial charge < -0.3 is 20.0 Å². The van der Waals surface area contributed by atoms with Crippen molar-refractivity contribution in [1.29, 1.82) is 0 Å². The first-order valence-electron chi connectivity index (χ1n) is 9.93. The van der Waals surface area contributed by atoms with Crippen molar-refractivity contribution in [2.45, 2.75) is 52.1 Å². The van der Waals surface area contributed by atoms with Gasteiger partial charge in [-0.2, -0.15) is 0 Å². The van der Waals surface area contributed by atoms with Crippen LogP contribution in [0.15, 0.2) is 47.3 Å². The second-order valence-electron chi connectivity index (χ2n) is 8.41. The van der Waals surface area contributed by atoms with E-state index in [1.54, 1.807) is 18.2 Å². The van der Waals surface area contributed by atoms with Crippen molar-refractivity contribution in [1.82, 2.24) is 9.97 Å². The Morgan fingerprint density at radius 1 is 1.03 bits per heavy atom. The Bertz CT molecular complexity index is 1100. The first-order chi connectivity index (χ1) is 14.1. The molecule has 0 radical (unpaired) electrons. The van der Waals surface area contributed by atoms with Crippen molar-refractivity contribution in [3.63, 3.8) is 0 Å². The summed E-state index contributed by atoms with van der Waals surface area (Å²) in [5.41, 5.74) is 3.79. The molecule has 1 atom stereocenters. The van der Waals surface area contributed by atoms with Gasteiger partial charge in [0.05, 0.1) is 11.0 Å². The molecule has 0 aliphatic carbocycles. The van der Waals surface area contributed by atoms with E-state index in [4.69, 9.17) is 4.74 Å². The van der Waals surface area contributed by atoms with Crippen LogP contribution < -0.4 is 11.0 Å². The maximum atomic E-state index is 12.3. The number of aromatic amines is 2. The van der Waals surface area contributed by atoms with Crippen LogP contribution in [-0.2, 0) is 26.2 Å². The van der Waals surface area contributed by atoms with E-state index in [1.807, 2.05) is 12.1 Å². The fourth-order valence-electron chi connectivity index (χ4n) is 3.08. The predicted molar refractivity (Wildman–Crippen MR) is 117 cm³/mol. The highest BCUT2D eigenvalue weighted by Crippen LogP contribution is 2.22. The molecular formula is C23H27N3O4. The Kier molecular flexibility index (Phi) is 6.10.